The molecule has 1 aromatic heterocycles. The molecule has 0 aliphatic rings. The van der Waals surface area contributed by atoms with Crippen LogP contribution in [0.5, 0.6) is 0 Å². The molecule has 0 saturated heterocycles. The summed E-state index contributed by atoms with van der Waals surface area (Å²) in [6.45, 7) is 3.87. The molecule has 0 amide bonds. The lowest BCUT2D eigenvalue weighted by Gasteiger charge is -2.05. The van der Waals surface area contributed by atoms with Gasteiger partial charge in [0.05, 0.1) is 12.2 Å². The van der Waals surface area contributed by atoms with Crippen molar-refractivity contribution in [3.8, 4) is 0 Å². The molecule has 0 atom stereocenters. The number of carbonyl (C=O) groups is 1. The largest absolute Gasteiger partial charge is 0.478 e. The van der Waals surface area contributed by atoms with Crippen molar-refractivity contribution in [1.29, 1.82) is 0 Å². The van der Waals surface area contributed by atoms with Crippen molar-refractivity contribution in [2.24, 2.45) is 0 Å². The average molecular weight is 248 g/mol. The predicted octanol–water partition coefficient (Wildman–Crippen LogP) is 2.39. The Labute approximate surface area is 104 Å². The van der Waals surface area contributed by atoms with Crippen molar-refractivity contribution in [3.05, 3.63) is 52.6 Å². The molecular weight excluding hydrogens is 235 g/mol. The predicted molar refractivity (Wildman–Crippen MR) is 64.2 cm³/mol. The summed E-state index contributed by atoms with van der Waals surface area (Å²) in [5.41, 5.74) is 2.36. The Hall–Kier alpha value is -2.17. The minimum atomic E-state index is -1.00. The molecular formula is C13H13FN2O2. The second-order valence-electron chi connectivity index (χ2n) is 4.20. The van der Waals surface area contributed by atoms with Gasteiger partial charge in [0.25, 0.3) is 0 Å². The minimum absolute atomic E-state index is 0.170. The summed E-state index contributed by atoms with van der Waals surface area (Å²) >= 11 is 0. The Kier molecular flexibility index (Phi) is 3.14. The lowest BCUT2D eigenvalue weighted by Crippen LogP contribution is -2.03. The van der Waals surface area contributed by atoms with Gasteiger partial charge in [-0.15, -0.1) is 0 Å². The number of nitrogens with zero attached hydrogens (tertiary/aromatic N) is 2. The maximum atomic E-state index is 13.1. The molecule has 1 heterocycles. The molecule has 0 aliphatic carbocycles. The number of carboxylic acids is 1. The molecule has 0 saturated carbocycles. The van der Waals surface area contributed by atoms with Crippen molar-refractivity contribution in [2.45, 2.75) is 20.4 Å². The molecule has 0 fully saturated rings. The molecule has 1 N–H and O–H groups in total. The fraction of sp³-hybridized carbons (Fsp3) is 0.231. The van der Waals surface area contributed by atoms with Crippen LogP contribution in [0.2, 0.25) is 0 Å². The highest BCUT2D eigenvalue weighted by Crippen LogP contribution is 2.13. The standard InChI is InChI=1S/C13H13FN2O2/c1-8-3-4-11(14)5-10(8)6-16-7-12(13(17)18)9(2)15-16/h3-5,7H,6H2,1-2H3,(H,17,18). The normalized spacial score (nSPS) is 10.6. The first-order chi connectivity index (χ1) is 8.47. The van der Waals surface area contributed by atoms with E-state index in [1.165, 1.54) is 23.0 Å². The van der Waals surface area contributed by atoms with Crippen LogP contribution in [-0.4, -0.2) is 20.9 Å². The number of hydrogen-bond donors (Lipinski definition) is 1. The molecule has 94 valence electrons. The van der Waals surface area contributed by atoms with Crippen molar-refractivity contribution < 1.29 is 14.3 Å². The second-order valence-corrected chi connectivity index (χ2v) is 4.20. The molecule has 2 rings (SSSR count). The van der Waals surface area contributed by atoms with Crippen LogP contribution in [0.1, 0.15) is 27.2 Å². The monoisotopic (exact) mass is 248 g/mol. The van der Waals surface area contributed by atoms with Crippen LogP contribution in [0.4, 0.5) is 4.39 Å². The van der Waals surface area contributed by atoms with Crippen LogP contribution in [-0.2, 0) is 6.54 Å². The van der Waals surface area contributed by atoms with Crippen LogP contribution < -0.4 is 0 Å². The number of aromatic nitrogens is 2. The third kappa shape index (κ3) is 2.40. The second kappa shape index (κ2) is 4.60. The lowest BCUT2D eigenvalue weighted by atomic mass is 10.1. The van der Waals surface area contributed by atoms with Crippen LogP contribution >= 0.6 is 0 Å². The summed E-state index contributed by atoms with van der Waals surface area (Å²) < 4.78 is 14.7. The highest BCUT2D eigenvalue weighted by molar-refractivity contribution is 5.88. The van der Waals surface area contributed by atoms with Crippen molar-refractivity contribution in [3.63, 3.8) is 0 Å². The number of hydrogen-bond acceptors (Lipinski definition) is 2. The number of aryl methyl sites for hydroxylation is 2. The summed E-state index contributed by atoms with van der Waals surface area (Å²) in [6.07, 6.45) is 1.46. The Morgan fingerprint density at radius 1 is 1.44 bits per heavy atom. The van der Waals surface area contributed by atoms with Gasteiger partial charge in [0, 0.05) is 6.20 Å². The van der Waals surface area contributed by atoms with E-state index in [4.69, 9.17) is 5.11 Å². The maximum Gasteiger partial charge on any atom is 0.339 e. The lowest BCUT2D eigenvalue weighted by molar-refractivity contribution is 0.0696. The summed E-state index contributed by atoms with van der Waals surface area (Å²) in [5, 5.41) is 13.0. The van der Waals surface area contributed by atoms with Crippen LogP contribution in [0.25, 0.3) is 0 Å². The van der Waals surface area contributed by atoms with E-state index in [0.29, 0.717) is 12.2 Å². The van der Waals surface area contributed by atoms with E-state index >= 15 is 0 Å². The molecule has 0 radical (unpaired) electrons. The first-order valence-corrected chi connectivity index (χ1v) is 5.50. The van der Waals surface area contributed by atoms with E-state index < -0.39 is 5.97 Å². The average Bonchev–Trinajstić information content (AvgIpc) is 2.65. The Balaban J connectivity index is 2.31. The Morgan fingerprint density at radius 3 is 2.78 bits per heavy atom. The highest BCUT2D eigenvalue weighted by Gasteiger charge is 2.12. The van der Waals surface area contributed by atoms with E-state index in [9.17, 15) is 9.18 Å². The van der Waals surface area contributed by atoms with Crippen LogP contribution in [0.3, 0.4) is 0 Å². The van der Waals surface area contributed by atoms with E-state index in [1.54, 1.807) is 13.0 Å². The third-order valence-electron chi connectivity index (χ3n) is 2.82. The molecule has 1 aromatic carbocycles. The summed E-state index contributed by atoms with van der Waals surface area (Å²) in [5.74, 6) is -1.31. The van der Waals surface area contributed by atoms with Gasteiger partial charge in [0.1, 0.15) is 11.4 Å². The van der Waals surface area contributed by atoms with Crippen molar-refractivity contribution in [2.75, 3.05) is 0 Å². The molecule has 18 heavy (non-hydrogen) atoms. The SMILES string of the molecule is Cc1ccc(F)cc1Cn1cc(C(=O)O)c(C)n1. The highest BCUT2D eigenvalue weighted by atomic mass is 19.1. The molecule has 5 heteroatoms. The summed E-state index contributed by atoms with van der Waals surface area (Å²) in [7, 11) is 0. The Morgan fingerprint density at radius 2 is 2.17 bits per heavy atom. The van der Waals surface area contributed by atoms with Gasteiger partial charge in [-0.05, 0) is 37.1 Å². The van der Waals surface area contributed by atoms with E-state index in [1.807, 2.05) is 6.92 Å². The zero-order valence-corrected chi connectivity index (χ0v) is 10.1. The quantitative estimate of drug-likeness (QED) is 0.907. The summed E-state index contributed by atoms with van der Waals surface area (Å²) in [4.78, 5) is 10.9. The van der Waals surface area contributed by atoms with Crippen LogP contribution in [0.15, 0.2) is 24.4 Å². The smallest absolute Gasteiger partial charge is 0.339 e. The third-order valence-corrected chi connectivity index (χ3v) is 2.82. The fourth-order valence-electron chi connectivity index (χ4n) is 1.79. The van der Waals surface area contributed by atoms with Crippen molar-refractivity contribution >= 4 is 5.97 Å². The molecule has 0 bridgehead atoms. The van der Waals surface area contributed by atoms with Gasteiger partial charge in [-0.2, -0.15) is 5.10 Å². The zero-order valence-electron chi connectivity index (χ0n) is 10.1. The van der Waals surface area contributed by atoms with E-state index in [2.05, 4.69) is 5.10 Å². The topological polar surface area (TPSA) is 55.1 Å². The Bertz CT molecular complexity index is 605. The molecule has 0 spiro atoms. The van der Waals surface area contributed by atoms with E-state index in [0.717, 1.165) is 11.1 Å². The number of halogens is 1. The molecule has 0 aliphatic heterocycles. The first kappa shape index (κ1) is 12.3. The zero-order chi connectivity index (χ0) is 13.3. The maximum absolute atomic E-state index is 13.1. The molecule has 0 unspecified atom stereocenters. The fourth-order valence-corrected chi connectivity index (χ4v) is 1.79. The van der Waals surface area contributed by atoms with E-state index in [-0.39, 0.29) is 11.4 Å². The van der Waals surface area contributed by atoms with Gasteiger partial charge in [0.2, 0.25) is 0 Å². The van der Waals surface area contributed by atoms with Gasteiger partial charge in [0.15, 0.2) is 0 Å². The molecule has 2 aromatic rings. The number of benzene rings is 1. The number of carboxylic acid groups (broad SMARTS) is 1. The number of aromatic carboxylic acids is 1. The van der Waals surface area contributed by atoms with Crippen molar-refractivity contribution in [1.82, 2.24) is 9.78 Å². The molecule has 4 nitrogen and oxygen atoms in total. The van der Waals surface area contributed by atoms with Gasteiger partial charge in [-0.1, -0.05) is 6.07 Å². The van der Waals surface area contributed by atoms with Gasteiger partial charge in [-0.25, -0.2) is 9.18 Å². The van der Waals surface area contributed by atoms with Gasteiger partial charge >= 0.3 is 5.97 Å². The van der Waals surface area contributed by atoms with Gasteiger partial charge < -0.3 is 5.11 Å². The first-order valence-electron chi connectivity index (χ1n) is 5.50. The minimum Gasteiger partial charge on any atom is -0.478 e. The van der Waals surface area contributed by atoms with Crippen LogP contribution in [0, 0.1) is 19.7 Å². The number of rotatable bonds is 3. The summed E-state index contributed by atoms with van der Waals surface area (Å²) in [6, 6.07) is 4.53. The van der Waals surface area contributed by atoms with Gasteiger partial charge in [-0.3, -0.25) is 4.68 Å².